The van der Waals surface area contributed by atoms with Gasteiger partial charge in [0.2, 0.25) is 5.88 Å². The maximum Gasteiger partial charge on any atom is 0.342 e. The van der Waals surface area contributed by atoms with Gasteiger partial charge in [-0.15, -0.1) is 0 Å². The Morgan fingerprint density at radius 3 is 2.48 bits per heavy atom. The van der Waals surface area contributed by atoms with Crippen molar-refractivity contribution in [2.45, 2.75) is 27.7 Å². The molecule has 0 fully saturated rings. The van der Waals surface area contributed by atoms with Crippen molar-refractivity contribution in [1.82, 2.24) is 0 Å². The number of hydrogen-bond donors (Lipinski definition) is 2. The van der Waals surface area contributed by atoms with Crippen molar-refractivity contribution in [3.8, 4) is 5.75 Å². The first-order chi connectivity index (χ1) is 12.8. The lowest BCUT2D eigenvalue weighted by Crippen LogP contribution is -2.23. The lowest BCUT2D eigenvalue weighted by atomic mass is 10.1. The number of ether oxygens (including phenoxy) is 2. The quantitative estimate of drug-likeness (QED) is 0.718. The second-order valence-electron chi connectivity index (χ2n) is 5.86. The summed E-state index contributed by atoms with van der Waals surface area (Å²) in [5.74, 6) is -1.75. The highest BCUT2D eigenvalue weighted by Gasteiger charge is 2.29. The molecule has 2 rings (SSSR count). The first kappa shape index (κ1) is 20.0. The maximum atomic E-state index is 12.2. The molecule has 0 aliphatic rings. The molecular weight excluding hydrogens is 352 g/mol. The number of rotatable bonds is 7. The normalized spacial score (nSPS) is 10.4. The number of furan rings is 1. The molecule has 0 bridgehead atoms. The van der Waals surface area contributed by atoms with Crippen LogP contribution in [-0.2, 0) is 9.53 Å². The molecule has 0 radical (unpaired) electrons. The molecule has 1 aromatic heterocycles. The third-order valence-electron chi connectivity index (χ3n) is 3.98. The number of anilines is 1. The summed E-state index contributed by atoms with van der Waals surface area (Å²) >= 11 is 0. The van der Waals surface area contributed by atoms with Crippen molar-refractivity contribution in [3.63, 3.8) is 0 Å². The summed E-state index contributed by atoms with van der Waals surface area (Å²) in [5, 5.41) is 2.42. The van der Waals surface area contributed by atoms with Crippen LogP contribution < -0.4 is 15.8 Å². The first-order valence-electron chi connectivity index (χ1n) is 8.35. The van der Waals surface area contributed by atoms with E-state index in [0.29, 0.717) is 5.75 Å². The van der Waals surface area contributed by atoms with Gasteiger partial charge in [-0.25, -0.2) is 4.79 Å². The van der Waals surface area contributed by atoms with E-state index in [0.717, 1.165) is 11.1 Å². The number of carbonyl (C=O) groups excluding carboxylic acids is 3. The Morgan fingerprint density at radius 1 is 1.15 bits per heavy atom. The minimum atomic E-state index is -0.916. The zero-order valence-electron chi connectivity index (χ0n) is 15.7. The molecule has 1 aromatic carbocycles. The third-order valence-corrected chi connectivity index (χ3v) is 3.98. The molecule has 0 aliphatic heterocycles. The molecule has 0 saturated heterocycles. The van der Waals surface area contributed by atoms with E-state index in [1.807, 2.05) is 26.0 Å². The van der Waals surface area contributed by atoms with Gasteiger partial charge in [-0.2, -0.15) is 0 Å². The third kappa shape index (κ3) is 4.46. The van der Waals surface area contributed by atoms with E-state index in [-0.39, 0.29) is 36.0 Å². The molecule has 0 unspecified atom stereocenters. The van der Waals surface area contributed by atoms with Gasteiger partial charge >= 0.3 is 5.97 Å². The average Bonchev–Trinajstić information content (AvgIpc) is 2.92. The average molecular weight is 374 g/mol. The van der Waals surface area contributed by atoms with E-state index in [2.05, 4.69) is 5.32 Å². The van der Waals surface area contributed by atoms with Gasteiger partial charge in [0, 0.05) is 0 Å². The van der Waals surface area contributed by atoms with Crippen molar-refractivity contribution in [1.29, 1.82) is 0 Å². The van der Waals surface area contributed by atoms with Crippen LogP contribution in [0.3, 0.4) is 0 Å². The highest BCUT2D eigenvalue weighted by Crippen LogP contribution is 2.28. The lowest BCUT2D eigenvalue weighted by molar-refractivity contribution is -0.118. The van der Waals surface area contributed by atoms with Crippen LogP contribution in [0.1, 0.15) is 44.5 Å². The number of esters is 1. The summed E-state index contributed by atoms with van der Waals surface area (Å²) < 4.78 is 15.8. The molecular formula is C19H22N2O6. The second-order valence-corrected chi connectivity index (χ2v) is 5.86. The summed E-state index contributed by atoms with van der Waals surface area (Å²) in [5.41, 5.74) is 6.97. The predicted molar refractivity (Wildman–Crippen MR) is 98.0 cm³/mol. The summed E-state index contributed by atoms with van der Waals surface area (Å²) in [6, 6.07) is 5.51. The van der Waals surface area contributed by atoms with Gasteiger partial charge in [0.1, 0.15) is 22.6 Å². The standard InChI is InChI=1S/C19H22N2O6/c1-5-25-19(24)15-12(4)27-18(16(15)17(20)23)21-14(22)9-26-13-8-6-7-10(2)11(13)3/h6-8H,5,9H2,1-4H3,(H2,20,23)(H,21,22). The maximum absolute atomic E-state index is 12.2. The van der Waals surface area contributed by atoms with E-state index in [1.54, 1.807) is 13.0 Å². The number of carbonyl (C=O) groups is 3. The van der Waals surface area contributed by atoms with E-state index >= 15 is 0 Å². The SMILES string of the molecule is CCOC(=O)c1c(C)oc(NC(=O)COc2cccc(C)c2C)c1C(N)=O. The van der Waals surface area contributed by atoms with Crippen LogP contribution in [0.4, 0.5) is 5.88 Å². The van der Waals surface area contributed by atoms with Gasteiger partial charge in [0.15, 0.2) is 6.61 Å². The van der Waals surface area contributed by atoms with Gasteiger partial charge in [-0.05, 0) is 44.9 Å². The molecule has 0 spiro atoms. The van der Waals surface area contributed by atoms with Crippen molar-refractivity contribution in [2.75, 3.05) is 18.5 Å². The van der Waals surface area contributed by atoms with Crippen LogP contribution in [0.15, 0.2) is 22.6 Å². The zero-order valence-corrected chi connectivity index (χ0v) is 15.7. The Hall–Kier alpha value is -3.29. The van der Waals surface area contributed by atoms with Crippen LogP contribution in [0, 0.1) is 20.8 Å². The Bertz CT molecular complexity index is 885. The minimum Gasteiger partial charge on any atom is -0.483 e. The second kappa shape index (κ2) is 8.39. The Kier molecular flexibility index (Phi) is 6.23. The number of benzene rings is 1. The Balaban J connectivity index is 2.18. The largest absolute Gasteiger partial charge is 0.483 e. The van der Waals surface area contributed by atoms with Gasteiger partial charge in [-0.3, -0.25) is 14.9 Å². The van der Waals surface area contributed by atoms with Crippen LogP contribution in [0.25, 0.3) is 0 Å². The molecule has 0 saturated carbocycles. The molecule has 1 heterocycles. The van der Waals surface area contributed by atoms with Crippen LogP contribution >= 0.6 is 0 Å². The molecule has 0 atom stereocenters. The molecule has 8 nitrogen and oxygen atoms in total. The van der Waals surface area contributed by atoms with Crippen molar-refractivity contribution >= 4 is 23.7 Å². The number of nitrogens with one attached hydrogen (secondary N) is 1. The van der Waals surface area contributed by atoms with Crippen LogP contribution in [0.2, 0.25) is 0 Å². The minimum absolute atomic E-state index is 0.102. The highest BCUT2D eigenvalue weighted by atomic mass is 16.5. The summed E-state index contributed by atoms with van der Waals surface area (Å²) in [6.07, 6.45) is 0. The smallest absolute Gasteiger partial charge is 0.342 e. The number of nitrogens with two attached hydrogens (primary N) is 1. The molecule has 144 valence electrons. The fraction of sp³-hybridized carbons (Fsp3) is 0.316. The summed E-state index contributed by atoms with van der Waals surface area (Å²) in [6.45, 7) is 6.73. The van der Waals surface area contributed by atoms with E-state index < -0.39 is 17.8 Å². The van der Waals surface area contributed by atoms with Gasteiger partial charge in [0.05, 0.1) is 6.61 Å². The molecule has 27 heavy (non-hydrogen) atoms. The first-order valence-corrected chi connectivity index (χ1v) is 8.35. The van der Waals surface area contributed by atoms with Crippen molar-refractivity contribution < 1.29 is 28.3 Å². The summed E-state index contributed by atoms with van der Waals surface area (Å²) in [4.78, 5) is 36.0. The number of primary amides is 1. The Morgan fingerprint density at radius 2 is 1.85 bits per heavy atom. The number of amides is 2. The van der Waals surface area contributed by atoms with Crippen LogP contribution in [0.5, 0.6) is 5.75 Å². The number of hydrogen-bond acceptors (Lipinski definition) is 6. The molecule has 0 aliphatic carbocycles. The van der Waals surface area contributed by atoms with E-state index in [1.165, 1.54) is 6.92 Å². The summed E-state index contributed by atoms with van der Waals surface area (Å²) in [7, 11) is 0. The van der Waals surface area contributed by atoms with Crippen molar-refractivity contribution in [3.05, 3.63) is 46.2 Å². The fourth-order valence-electron chi connectivity index (χ4n) is 2.50. The zero-order chi connectivity index (χ0) is 20.1. The van der Waals surface area contributed by atoms with Gasteiger partial charge in [-0.1, -0.05) is 12.1 Å². The van der Waals surface area contributed by atoms with E-state index in [9.17, 15) is 14.4 Å². The van der Waals surface area contributed by atoms with Gasteiger partial charge in [0.25, 0.3) is 11.8 Å². The lowest BCUT2D eigenvalue weighted by Gasteiger charge is -2.10. The van der Waals surface area contributed by atoms with Crippen molar-refractivity contribution in [2.24, 2.45) is 5.73 Å². The molecule has 2 aromatic rings. The molecule has 2 amide bonds. The molecule has 3 N–H and O–H groups in total. The highest BCUT2D eigenvalue weighted by molar-refractivity contribution is 6.10. The van der Waals surface area contributed by atoms with E-state index in [4.69, 9.17) is 19.6 Å². The fourth-order valence-corrected chi connectivity index (χ4v) is 2.50. The number of aryl methyl sites for hydroxylation is 2. The van der Waals surface area contributed by atoms with Crippen LogP contribution in [-0.4, -0.2) is 31.0 Å². The Labute approximate surface area is 156 Å². The van der Waals surface area contributed by atoms with Gasteiger partial charge < -0.3 is 19.6 Å². The topological polar surface area (TPSA) is 121 Å². The molecule has 8 heteroatoms. The monoisotopic (exact) mass is 374 g/mol. The predicted octanol–water partition coefficient (Wildman–Crippen LogP) is 2.50.